The molecular weight excluding hydrogens is 416 g/mol. The molecule has 0 aliphatic carbocycles. The van der Waals surface area contributed by atoms with Crippen LogP contribution in [0.25, 0.3) is 11.4 Å². The van der Waals surface area contributed by atoms with Crippen molar-refractivity contribution in [2.45, 2.75) is 84.5 Å². The lowest BCUT2D eigenvalue weighted by Gasteiger charge is -2.08. The number of carbonyl (C=O) groups excluding carboxylic acids is 1. The molecule has 0 spiro atoms. The Bertz CT molecular complexity index is 763. The average Bonchev–Trinajstić information content (AvgIpc) is 2.84. The zero-order chi connectivity index (χ0) is 23.6. The molecule has 0 N–H and O–H groups in total. The number of carbonyl (C=O) groups is 1. The van der Waals surface area contributed by atoms with E-state index in [0.29, 0.717) is 30.4 Å². The summed E-state index contributed by atoms with van der Waals surface area (Å²) in [5, 5.41) is 0. The van der Waals surface area contributed by atoms with Gasteiger partial charge in [-0.15, -0.1) is 0 Å². The number of aromatic nitrogens is 2. The number of esters is 1. The van der Waals surface area contributed by atoms with Crippen molar-refractivity contribution in [3.8, 4) is 22.9 Å². The van der Waals surface area contributed by atoms with Crippen LogP contribution in [-0.4, -0.2) is 35.8 Å². The second-order valence-electron chi connectivity index (χ2n) is 8.28. The van der Waals surface area contributed by atoms with E-state index in [2.05, 4.69) is 23.8 Å². The molecule has 0 saturated heterocycles. The van der Waals surface area contributed by atoms with Crippen LogP contribution in [0.15, 0.2) is 36.7 Å². The van der Waals surface area contributed by atoms with Gasteiger partial charge >= 0.3 is 5.97 Å². The van der Waals surface area contributed by atoms with Gasteiger partial charge in [0.15, 0.2) is 11.6 Å². The van der Waals surface area contributed by atoms with Gasteiger partial charge in [0.25, 0.3) is 0 Å². The van der Waals surface area contributed by atoms with Crippen LogP contribution >= 0.6 is 0 Å². The molecule has 2 aromatic rings. The molecule has 6 nitrogen and oxygen atoms in total. The molecule has 0 aliphatic rings. The zero-order valence-electron chi connectivity index (χ0n) is 20.4. The fraction of sp³-hybridized carbons (Fsp3) is 0.593. The summed E-state index contributed by atoms with van der Waals surface area (Å²) in [5.41, 5.74) is 0.863. The number of hydrogen-bond donors (Lipinski definition) is 0. The molecule has 0 aliphatic heterocycles. The van der Waals surface area contributed by atoms with Crippen molar-refractivity contribution >= 4 is 5.97 Å². The molecule has 1 aromatic heterocycles. The number of unbranched alkanes of at least 4 members (excludes halogenated alkanes) is 7. The first-order chi connectivity index (χ1) is 16.2. The summed E-state index contributed by atoms with van der Waals surface area (Å²) in [6.45, 7) is 6.61. The second kappa shape index (κ2) is 17.1. The van der Waals surface area contributed by atoms with Crippen molar-refractivity contribution in [3.63, 3.8) is 0 Å². The molecule has 0 bridgehead atoms. The third kappa shape index (κ3) is 11.8. The van der Waals surface area contributed by atoms with Gasteiger partial charge in [-0.2, -0.15) is 0 Å². The van der Waals surface area contributed by atoms with Gasteiger partial charge in [0.2, 0.25) is 0 Å². The lowest BCUT2D eigenvalue weighted by atomic mass is 10.1. The molecule has 2 rings (SSSR count). The fourth-order valence-corrected chi connectivity index (χ4v) is 3.29. The lowest BCUT2D eigenvalue weighted by molar-refractivity contribution is -0.134. The molecule has 0 amide bonds. The smallest absolute Gasteiger partial charge is 0.311 e. The van der Waals surface area contributed by atoms with Gasteiger partial charge in [-0.05, 0) is 49.9 Å². The minimum Gasteiger partial charge on any atom is -0.490 e. The third-order valence-corrected chi connectivity index (χ3v) is 5.30. The Balaban J connectivity index is 1.66. The van der Waals surface area contributed by atoms with E-state index in [4.69, 9.17) is 14.2 Å². The first kappa shape index (κ1) is 26.8. The van der Waals surface area contributed by atoms with Crippen LogP contribution in [-0.2, 0) is 9.53 Å². The van der Waals surface area contributed by atoms with Crippen LogP contribution in [0, 0.1) is 0 Å². The quantitative estimate of drug-likeness (QED) is 0.140. The van der Waals surface area contributed by atoms with Gasteiger partial charge in [0.1, 0.15) is 5.75 Å². The maximum Gasteiger partial charge on any atom is 0.311 e. The van der Waals surface area contributed by atoms with E-state index in [9.17, 15) is 4.79 Å². The van der Waals surface area contributed by atoms with Crippen molar-refractivity contribution in [1.82, 2.24) is 9.97 Å². The molecule has 0 unspecified atom stereocenters. The molecule has 0 saturated carbocycles. The van der Waals surface area contributed by atoms with Crippen LogP contribution in [0.4, 0.5) is 0 Å². The number of hydrogen-bond acceptors (Lipinski definition) is 6. The molecule has 6 heteroatoms. The van der Waals surface area contributed by atoms with Gasteiger partial charge < -0.3 is 14.2 Å². The summed E-state index contributed by atoms with van der Waals surface area (Å²) in [5.74, 6) is 1.64. The SMILES string of the molecule is CCCCCCCCC(=O)Oc1ccc(-c2ncc(OCCCCOCCCC)cn2)cc1. The Hall–Kier alpha value is -2.47. The van der Waals surface area contributed by atoms with E-state index in [0.717, 1.165) is 57.3 Å². The van der Waals surface area contributed by atoms with Gasteiger partial charge in [-0.3, -0.25) is 4.79 Å². The van der Waals surface area contributed by atoms with Crippen LogP contribution in [0.2, 0.25) is 0 Å². The summed E-state index contributed by atoms with van der Waals surface area (Å²) in [7, 11) is 0. The summed E-state index contributed by atoms with van der Waals surface area (Å²) in [4.78, 5) is 20.8. The van der Waals surface area contributed by atoms with Crippen molar-refractivity contribution in [3.05, 3.63) is 36.7 Å². The average molecular weight is 457 g/mol. The Morgan fingerprint density at radius 2 is 1.36 bits per heavy atom. The fourth-order valence-electron chi connectivity index (χ4n) is 3.29. The number of nitrogens with zero attached hydrogens (tertiary/aromatic N) is 2. The topological polar surface area (TPSA) is 70.5 Å². The van der Waals surface area contributed by atoms with Crippen molar-refractivity contribution in [2.24, 2.45) is 0 Å². The van der Waals surface area contributed by atoms with Gasteiger partial charge in [-0.25, -0.2) is 9.97 Å². The highest BCUT2D eigenvalue weighted by atomic mass is 16.5. The van der Waals surface area contributed by atoms with E-state index >= 15 is 0 Å². The molecule has 1 aromatic carbocycles. The molecule has 182 valence electrons. The van der Waals surface area contributed by atoms with Crippen LogP contribution in [0.1, 0.15) is 84.5 Å². The minimum atomic E-state index is -0.177. The van der Waals surface area contributed by atoms with Gasteiger partial charge in [0.05, 0.1) is 19.0 Å². The molecule has 0 fully saturated rings. The van der Waals surface area contributed by atoms with Gasteiger partial charge in [0, 0.05) is 25.2 Å². The normalized spacial score (nSPS) is 10.8. The molecular formula is C27H40N2O4. The summed E-state index contributed by atoms with van der Waals surface area (Å²) in [6.07, 6.45) is 14.9. The highest BCUT2D eigenvalue weighted by Crippen LogP contribution is 2.21. The Morgan fingerprint density at radius 3 is 2.09 bits per heavy atom. The lowest BCUT2D eigenvalue weighted by Crippen LogP contribution is -2.07. The highest BCUT2D eigenvalue weighted by Gasteiger charge is 2.07. The van der Waals surface area contributed by atoms with Crippen molar-refractivity contribution in [1.29, 1.82) is 0 Å². The summed E-state index contributed by atoms with van der Waals surface area (Å²) in [6, 6.07) is 7.29. The highest BCUT2D eigenvalue weighted by molar-refractivity contribution is 5.72. The van der Waals surface area contributed by atoms with Crippen LogP contribution < -0.4 is 9.47 Å². The van der Waals surface area contributed by atoms with E-state index in [1.807, 2.05) is 12.1 Å². The predicted octanol–water partition coefficient (Wildman–Crippen LogP) is 6.78. The van der Waals surface area contributed by atoms with Gasteiger partial charge in [-0.1, -0.05) is 52.4 Å². The van der Waals surface area contributed by atoms with Crippen LogP contribution in [0.3, 0.4) is 0 Å². The zero-order valence-corrected chi connectivity index (χ0v) is 20.4. The first-order valence-corrected chi connectivity index (χ1v) is 12.6. The second-order valence-corrected chi connectivity index (χ2v) is 8.28. The summed E-state index contributed by atoms with van der Waals surface area (Å²) >= 11 is 0. The van der Waals surface area contributed by atoms with E-state index in [-0.39, 0.29) is 5.97 Å². The monoisotopic (exact) mass is 456 g/mol. The Labute approximate surface area is 199 Å². The van der Waals surface area contributed by atoms with Crippen molar-refractivity contribution < 1.29 is 19.0 Å². The Kier molecular flexibility index (Phi) is 13.8. The standard InChI is InChI=1S/C27H40N2O4/c1-3-5-7-8-9-10-13-26(30)33-24-16-14-23(15-17-24)27-28-21-25(22-29-27)32-20-12-11-19-31-18-6-4-2/h14-17,21-22H,3-13,18-20H2,1-2H3. The molecule has 0 atom stereocenters. The molecule has 1 heterocycles. The van der Waals surface area contributed by atoms with E-state index < -0.39 is 0 Å². The number of ether oxygens (including phenoxy) is 3. The van der Waals surface area contributed by atoms with E-state index in [1.165, 1.54) is 25.7 Å². The predicted molar refractivity (Wildman–Crippen MR) is 132 cm³/mol. The third-order valence-electron chi connectivity index (χ3n) is 5.30. The maximum absolute atomic E-state index is 12.0. The first-order valence-electron chi connectivity index (χ1n) is 12.6. The number of benzene rings is 1. The largest absolute Gasteiger partial charge is 0.490 e. The van der Waals surface area contributed by atoms with Crippen LogP contribution in [0.5, 0.6) is 11.5 Å². The number of rotatable bonds is 18. The summed E-state index contributed by atoms with van der Waals surface area (Å²) < 4.78 is 16.7. The minimum absolute atomic E-state index is 0.177. The molecule has 33 heavy (non-hydrogen) atoms. The maximum atomic E-state index is 12.0. The van der Waals surface area contributed by atoms with E-state index in [1.54, 1.807) is 24.5 Å². The Morgan fingerprint density at radius 1 is 0.727 bits per heavy atom. The van der Waals surface area contributed by atoms with Crippen molar-refractivity contribution in [2.75, 3.05) is 19.8 Å². The molecule has 0 radical (unpaired) electrons.